The molecule has 0 radical (unpaired) electrons. The first-order valence-corrected chi connectivity index (χ1v) is 4.42. The van der Waals surface area contributed by atoms with Crippen molar-refractivity contribution >= 4 is 6.02 Å². The lowest BCUT2D eigenvalue weighted by atomic mass is 10.1. The summed E-state index contributed by atoms with van der Waals surface area (Å²) >= 11 is 0. The second kappa shape index (κ2) is 2.25. The molecule has 0 spiro atoms. The van der Waals surface area contributed by atoms with Crippen LogP contribution in [0.3, 0.4) is 0 Å². The average Bonchev–Trinajstić information content (AvgIpc) is 2.60. The van der Waals surface area contributed by atoms with Gasteiger partial charge < -0.3 is 10.5 Å². The Morgan fingerprint density at radius 3 is 3.15 bits per heavy atom. The van der Waals surface area contributed by atoms with E-state index in [1.807, 2.05) is 12.1 Å². The van der Waals surface area contributed by atoms with Crippen LogP contribution < -0.4 is 5.73 Å². The lowest BCUT2D eigenvalue weighted by molar-refractivity contribution is 0.205. The predicted molar refractivity (Wildman–Crippen MR) is 49.4 cm³/mol. The molecule has 1 aliphatic carbocycles. The first-order valence-electron chi connectivity index (χ1n) is 4.42. The van der Waals surface area contributed by atoms with Crippen molar-refractivity contribution in [2.24, 2.45) is 10.7 Å². The minimum absolute atomic E-state index is 0.0798. The van der Waals surface area contributed by atoms with Crippen molar-refractivity contribution in [3.8, 4) is 0 Å². The van der Waals surface area contributed by atoms with Crippen LogP contribution in [0.2, 0.25) is 0 Å². The summed E-state index contributed by atoms with van der Waals surface area (Å²) in [6.45, 7) is 0. The zero-order chi connectivity index (χ0) is 8.84. The number of hydrogen-bond donors (Lipinski definition) is 1. The van der Waals surface area contributed by atoms with Crippen LogP contribution in [-0.4, -0.2) is 12.1 Å². The molecular weight excluding hydrogens is 164 g/mol. The fourth-order valence-corrected chi connectivity index (χ4v) is 2.12. The molecule has 2 unspecified atom stereocenters. The van der Waals surface area contributed by atoms with E-state index in [1.165, 1.54) is 11.1 Å². The molecule has 0 saturated carbocycles. The number of nitrogens with two attached hydrogens (primary N) is 1. The van der Waals surface area contributed by atoms with E-state index < -0.39 is 0 Å². The first kappa shape index (κ1) is 6.95. The lowest BCUT2D eigenvalue weighted by Crippen LogP contribution is -2.13. The lowest BCUT2D eigenvalue weighted by Gasteiger charge is -2.08. The van der Waals surface area contributed by atoms with E-state index in [0.29, 0.717) is 6.02 Å². The largest absolute Gasteiger partial charge is 0.455 e. The fourth-order valence-electron chi connectivity index (χ4n) is 2.12. The number of rotatable bonds is 0. The highest BCUT2D eigenvalue weighted by Crippen LogP contribution is 2.38. The van der Waals surface area contributed by atoms with Crippen molar-refractivity contribution in [2.45, 2.75) is 18.6 Å². The molecule has 1 aromatic carbocycles. The Labute approximate surface area is 76.2 Å². The molecule has 3 heteroatoms. The number of amidine groups is 1. The summed E-state index contributed by atoms with van der Waals surface area (Å²) in [5.74, 6) is 0. The van der Waals surface area contributed by atoms with Crippen LogP contribution in [0.25, 0.3) is 0 Å². The smallest absolute Gasteiger partial charge is 0.283 e. The highest BCUT2D eigenvalue weighted by molar-refractivity contribution is 5.74. The van der Waals surface area contributed by atoms with Crippen LogP contribution in [0.15, 0.2) is 29.3 Å². The number of benzene rings is 1. The van der Waals surface area contributed by atoms with Crippen LogP contribution in [0.5, 0.6) is 0 Å². The number of nitrogens with zero attached hydrogens (tertiary/aromatic N) is 1. The Hall–Kier alpha value is -1.51. The van der Waals surface area contributed by atoms with Gasteiger partial charge in [-0.25, -0.2) is 4.99 Å². The summed E-state index contributed by atoms with van der Waals surface area (Å²) in [6, 6.07) is 8.85. The number of fused-ring (bicyclic) bond motifs is 3. The van der Waals surface area contributed by atoms with Crippen molar-refractivity contribution < 1.29 is 4.74 Å². The molecule has 2 aliphatic rings. The Morgan fingerprint density at radius 2 is 2.23 bits per heavy atom. The van der Waals surface area contributed by atoms with Gasteiger partial charge >= 0.3 is 0 Å². The second-order valence-electron chi connectivity index (χ2n) is 3.48. The molecule has 3 nitrogen and oxygen atoms in total. The average molecular weight is 174 g/mol. The summed E-state index contributed by atoms with van der Waals surface area (Å²) in [5.41, 5.74) is 8.10. The van der Waals surface area contributed by atoms with E-state index >= 15 is 0 Å². The minimum atomic E-state index is 0.0798. The summed E-state index contributed by atoms with van der Waals surface area (Å²) in [5, 5.41) is 0. The third-order valence-corrected chi connectivity index (χ3v) is 2.68. The number of ether oxygens (including phenoxy) is 1. The molecule has 2 N–H and O–H groups in total. The molecule has 0 aromatic heterocycles. The monoisotopic (exact) mass is 174 g/mol. The third kappa shape index (κ3) is 0.869. The standard InChI is InChI=1S/C10H10N2O/c11-10-12-8-5-6-3-1-2-4-7(6)9(8)13-10/h1-4,8-9H,5H2,(H2,11,12). The van der Waals surface area contributed by atoms with Gasteiger partial charge in [-0.2, -0.15) is 0 Å². The summed E-state index contributed by atoms with van der Waals surface area (Å²) in [6.07, 6.45) is 1.04. The Kier molecular flexibility index (Phi) is 1.20. The highest BCUT2D eigenvalue weighted by atomic mass is 16.5. The van der Waals surface area contributed by atoms with E-state index in [2.05, 4.69) is 17.1 Å². The van der Waals surface area contributed by atoms with Crippen molar-refractivity contribution in [1.29, 1.82) is 0 Å². The van der Waals surface area contributed by atoms with Gasteiger partial charge in [0.1, 0.15) is 6.04 Å². The van der Waals surface area contributed by atoms with Gasteiger partial charge in [0.15, 0.2) is 6.10 Å². The number of aliphatic imine (C=N–C) groups is 1. The van der Waals surface area contributed by atoms with Gasteiger partial charge in [0.2, 0.25) is 0 Å². The van der Waals surface area contributed by atoms with E-state index in [0.717, 1.165) is 6.42 Å². The molecule has 0 bridgehead atoms. The van der Waals surface area contributed by atoms with E-state index in [-0.39, 0.29) is 12.1 Å². The first-order chi connectivity index (χ1) is 6.34. The van der Waals surface area contributed by atoms with Crippen LogP contribution in [-0.2, 0) is 11.2 Å². The maximum atomic E-state index is 5.51. The van der Waals surface area contributed by atoms with Gasteiger partial charge in [-0.1, -0.05) is 24.3 Å². The summed E-state index contributed by atoms with van der Waals surface area (Å²) in [7, 11) is 0. The molecule has 1 heterocycles. The van der Waals surface area contributed by atoms with Gasteiger partial charge in [0, 0.05) is 0 Å². The molecule has 13 heavy (non-hydrogen) atoms. The molecule has 0 saturated heterocycles. The summed E-state index contributed by atoms with van der Waals surface area (Å²) in [4.78, 5) is 4.24. The molecule has 1 aromatic rings. The van der Waals surface area contributed by atoms with Crippen LogP contribution in [0.1, 0.15) is 17.2 Å². The quantitative estimate of drug-likeness (QED) is 0.637. The highest BCUT2D eigenvalue weighted by Gasteiger charge is 2.38. The van der Waals surface area contributed by atoms with Crippen molar-refractivity contribution in [1.82, 2.24) is 0 Å². The zero-order valence-corrected chi connectivity index (χ0v) is 7.10. The zero-order valence-electron chi connectivity index (χ0n) is 7.10. The number of hydrogen-bond acceptors (Lipinski definition) is 3. The Bertz CT molecular complexity index is 386. The van der Waals surface area contributed by atoms with Crippen LogP contribution >= 0.6 is 0 Å². The molecule has 0 amide bonds. The van der Waals surface area contributed by atoms with Gasteiger partial charge in [0.25, 0.3) is 6.02 Å². The summed E-state index contributed by atoms with van der Waals surface area (Å²) < 4.78 is 5.44. The molecular formula is C10H10N2O. The van der Waals surface area contributed by atoms with Gasteiger partial charge in [-0.3, -0.25) is 0 Å². The van der Waals surface area contributed by atoms with E-state index in [1.54, 1.807) is 0 Å². The van der Waals surface area contributed by atoms with Crippen molar-refractivity contribution in [3.05, 3.63) is 35.4 Å². The topological polar surface area (TPSA) is 47.6 Å². The fraction of sp³-hybridized carbons (Fsp3) is 0.300. The predicted octanol–water partition coefficient (Wildman–Crippen LogP) is 0.997. The molecule has 66 valence electrons. The molecule has 2 atom stereocenters. The van der Waals surface area contributed by atoms with Crippen molar-refractivity contribution in [2.75, 3.05) is 0 Å². The van der Waals surface area contributed by atoms with Gasteiger partial charge in [0.05, 0.1) is 0 Å². The Morgan fingerprint density at radius 1 is 1.38 bits per heavy atom. The normalized spacial score (nSPS) is 29.1. The van der Waals surface area contributed by atoms with Gasteiger partial charge in [-0.15, -0.1) is 0 Å². The van der Waals surface area contributed by atoms with Gasteiger partial charge in [-0.05, 0) is 17.5 Å². The Balaban J connectivity index is 2.06. The van der Waals surface area contributed by atoms with E-state index in [4.69, 9.17) is 10.5 Å². The molecule has 1 aliphatic heterocycles. The van der Waals surface area contributed by atoms with Crippen LogP contribution in [0, 0.1) is 0 Å². The molecule has 0 fully saturated rings. The van der Waals surface area contributed by atoms with Crippen molar-refractivity contribution in [3.63, 3.8) is 0 Å². The second-order valence-corrected chi connectivity index (χ2v) is 3.48. The molecule has 3 rings (SSSR count). The SMILES string of the molecule is NC1=NC2Cc3ccccc3C2O1. The maximum absolute atomic E-state index is 5.51. The van der Waals surface area contributed by atoms with E-state index in [9.17, 15) is 0 Å². The minimum Gasteiger partial charge on any atom is -0.455 e. The maximum Gasteiger partial charge on any atom is 0.283 e. The van der Waals surface area contributed by atoms with Crippen LogP contribution in [0.4, 0.5) is 0 Å². The third-order valence-electron chi connectivity index (χ3n) is 2.68.